The molecular weight excluding hydrogens is 450 g/mol. The lowest BCUT2D eigenvalue weighted by molar-refractivity contribution is -0.385. The molecular formula is C21H15F4N3O5. The van der Waals surface area contributed by atoms with Gasteiger partial charge in [0.2, 0.25) is 5.88 Å². The Kier molecular flexibility index (Phi) is 7.06. The monoisotopic (exact) mass is 465 g/mol. The number of pyridine rings is 1. The lowest BCUT2D eigenvalue weighted by atomic mass is 10.1. The van der Waals surface area contributed by atoms with Gasteiger partial charge in [-0.1, -0.05) is 0 Å². The zero-order chi connectivity index (χ0) is 24.0. The lowest BCUT2D eigenvalue weighted by Crippen LogP contribution is -2.24. The number of alkyl halides is 3. The molecule has 0 aliphatic rings. The zero-order valence-corrected chi connectivity index (χ0v) is 16.6. The summed E-state index contributed by atoms with van der Waals surface area (Å²) < 4.78 is 60.1. The van der Waals surface area contributed by atoms with Gasteiger partial charge >= 0.3 is 6.18 Å². The molecule has 0 unspecified atom stereocenters. The molecule has 8 nitrogen and oxygen atoms in total. The van der Waals surface area contributed by atoms with Crippen molar-refractivity contribution in [1.29, 1.82) is 0 Å². The van der Waals surface area contributed by atoms with Gasteiger partial charge in [0.15, 0.2) is 6.61 Å². The van der Waals surface area contributed by atoms with Gasteiger partial charge in [-0.25, -0.2) is 9.37 Å². The van der Waals surface area contributed by atoms with E-state index >= 15 is 0 Å². The molecule has 0 fully saturated rings. The second-order valence-electron chi connectivity index (χ2n) is 6.58. The molecule has 0 spiro atoms. The number of nitro groups is 1. The first-order valence-electron chi connectivity index (χ1n) is 9.25. The third-order valence-corrected chi connectivity index (χ3v) is 4.10. The molecule has 1 N–H and O–H groups in total. The van der Waals surface area contributed by atoms with Crippen molar-refractivity contribution >= 4 is 11.6 Å². The van der Waals surface area contributed by atoms with Crippen molar-refractivity contribution in [2.24, 2.45) is 0 Å². The van der Waals surface area contributed by atoms with Crippen LogP contribution in [0, 0.1) is 15.9 Å². The fourth-order valence-corrected chi connectivity index (χ4v) is 2.63. The number of carbonyl (C=O) groups excluding carboxylic acids is 1. The Bertz CT molecular complexity index is 1150. The van der Waals surface area contributed by atoms with Gasteiger partial charge in [0.05, 0.1) is 4.92 Å². The summed E-state index contributed by atoms with van der Waals surface area (Å²) in [5.74, 6) is -1.19. The first-order valence-corrected chi connectivity index (χ1v) is 9.25. The number of halogens is 4. The summed E-state index contributed by atoms with van der Waals surface area (Å²) in [4.78, 5) is 26.9. The molecule has 1 heterocycles. The van der Waals surface area contributed by atoms with Gasteiger partial charge in [0, 0.05) is 24.9 Å². The Balaban J connectivity index is 1.70. The highest BCUT2D eigenvalue weighted by Crippen LogP contribution is 2.26. The average Bonchev–Trinajstić information content (AvgIpc) is 2.77. The fourth-order valence-electron chi connectivity index (χ4n) is 2.63. The van der Waals surface area contributed by atoms with Crippen LogP contribution in [0.25, 0.3) is 0 Å². The van der Waals surface area contributed by atoms with Gasteiger partial charge in [-0.3, -0.25) is 14.9 Å². The van der Waals surface area contributed by atoms with Crippen LogP contribution in [0.4, 0.5) is 23.2 Å². The molecule has 0 radical (unpaired) electrons. The highest BCUT2D eigenvalue weighted by atomic mass is 19.4. The van der Waals surface area contributed by atoms with E-state index in [4.69, 9.17) is 4.74 Å². The van der Waals surface area contributed by atoms with Gasteiger partial charge in [0.25, 0.3) is 11.6 Å². The Labute approximate surface area is 183 Å². The summed E-state index contributed by atoms with van der Waals surface area (Å²) in [6.45, 7) is -1.70. The minimum atomic E-state index is -4.61. The van der Waals surface area contributed by atoms with E-state index in [2.05, 4.69) is 15.0 Å². The molecule has 3 rings (SSSR count). The predicted octanol–water partition coefficient (Wildman–Crippen LogP) is 4.79. The molecule has 0 aliphatic carbocycles. The van der Waals surface area contributed by atoms with Crippen LogP contribution in [0.3, 0.4) is 0 Å². The van der Waals surface area contributed by atoms with Crippen LogP contribution >= 0.6 is 0 Å². The largest absolute Gasteiger partial charge is 0.484 e. The van der Waals surface area contributed by atoms with Crippen LogP contribution in [0.1, 0.15) is 15.9 Å². The molecule has 0 saturated heterocycles. The number of rotatable bonds is 8. The summed E-state index contributed by atoms with van der Waals surface area (Å²) in [5, 5.41) is 13.7. The summed E-state index contributed by atoms with van der Waals surface area (Å²) in [7, 11) is 0. The molecule has 0 bridgehead atoms. The maximum absolute atomic E-state index is 13.0. The molecule has 0 aliphatic heterocycles. The second-order valence-corrected chi connectivity index (χ2v) is 6.58. The number of aromatic nitrogens is 1. The van der Waals surface area contributed by atoms with E-state index in [0.717, 1.165) is 18.2 Å². The van der Waals surface area contributed by atoms with Gasteiger partial charge in [-0.15, -0.1) is 0 Å². The van der Waals surface area contributed by atoms with E-state index in [1.54, 1.807) is 6.07 Å². The molecule has 1 amide bonds. The number of benzene rings is 2. The van der Waals surface area contributed by atoms with Crippen molar-refractivity contribution in [3.63, 3.8) is 0 Å². The molecule has 172 valence electrons. The number of nitrogens with zero attached hydrogens (tertiary/aromatic N) is 2. The number of nitro benzene ring substituents is 1. The van der Waals surface area contributed by atoms with Gasteiger partial charge in [0.1, 0.15) is 22.9 Å². The molecule has 0 saturated carbocycles. The molecule has 0 atom stereocenters. The van der Waals surface area contributed by atoms with Crippen molar-refractivity contribution in [2.45, 2.75) is 12.7 Å². The van der Waals surface area contributed by atoms with Crippen molar-refractivity contribution < 1.29 is 36.8 Å². The van der Waals surface area contributed by atoms with Crippen LogP contribution in [0.15, 0.2) is 60.8 Å². The van der Waals surface area contributed by atoms with Gasteiger partial charge < -0.3 is 14.8 Å². The summed E-state index contributed by atoms with van der Waals surface area (Å²) in [6.07, 6.45) is -3.21. The highest BCUT2D eigenvalue weighted by Gasteiger charge is 2.29. The topological polar surface area (TPSA) is 104 Å². The third kappa shape index (κ3) is 6.89. The van der Waals surface area contributed by atoms with Crippen molar-refractivity contribution in [3.8, 4) is 17.4 Å². The molecule has 12 heteroatoms. The second kappa shape index (κ2) is 9.94. The Hall–Kier alpha value is -4.22. The smallest absolute Gasteiger partial charge is 0.422 e. The third-order valence-electron chi connectivity index (χ3n) is 4.10. The Morgan fingerprint density at radius 2 is 1.76 bits per heavy atom. The minimum absolute atomic E-state index is 0.0913. The van der Waals surface area contributed by atoms with E-state index in [1.165, 1.54) is 36.5 Å². The fraction of sp³-hybridized carbons (Fsp3) is 0.143. The van der Waals surface area contributed by atoms with E-state index in [9.17, 15) is 32.5 Å². The van der Waals surface area contributed by atoms with Crippen molar-refractivity contribution in [1.82, 2.24) is 10.3 Å². The van der Waals surface area contributed by atoms with Crippen molar-refractivity contribution in [2.75, 3.05) is 6.61 Å². The average molecular weight is 465 g/mol. The maximum Gasteiger partial charge on any atom is 0.422 e. The van der Waals surface area contributed by atoms with Crippen LogP contribution < -0.4 is 14.8 Å². The first-order chi connectivity index (χ1) is 15.6. The minimum Gasteiger partial charge on any atom is -0.484 e. The van der Waals surface area contributed by atoms with E-state index in [0.29, 0.717) is 11.3 Å². The molecule has 3 aromatic rings. The zero-order valence-electron chi connectivity index (χ0n) is 16.6. The number of nitrogens with one attached hydrogen (secondary N) is 1. The lowest BCUT2D eigenvalue weighted by Gasteiger charge is -2.11. The summed E-state index contributed by atoms with van der Waals surface area (Å²) in [6, 6.07) is 11.0. The predicted molar refractivity (Wildman–Crippen MR) is 107 cm³/mol. The molecule has 2 aromatic carbocycles. The quantitative estimate of drug-likeness (QED) is 0.291. The van der Waals surface area contributed by atoms with Gasteiger partial charge in [-0.05, 0) is 48.0 Å². The summed E-state index contributed by atoms with van der Waals surface area (Å²) in [5.41, 5.74) is -0.541. The summed E-state index contributed by atoms with van der Waals surface area (Å²) >= 11 is 0. The number of hydrogen-bond donors (Lipinski definition) is 1. The van der Waals surface area contributed by atoms with Crippen LogP contribution in [-0.2, 0) is 6.54 Å². The van der Waals surface area contributed by atoms with Crippen LogP contribution in [0.5, 0.6) is 17.4 Å². The Morgan fingerprint density at radius 1 is 1.06 bits per heavy atom. The van der Waals surface area contributed by atoms with E-state index in [-0.39, 0.29) is 18.2 Å². The normalized spacial score (nSPS) is 11.0. The van der Waals surface area contributed by atoms with E-state index in [1.807, 2.05) is 0 Å². The number of hydrogen-bond acceptors (Lipinski definition) is 6. The van der Waals surface area contributed by atoms with Crippen LogP contribution in [-0.4, -0.2) is 28.6 Å². The number of amides is 1. The van der Waals surface area contributed by atoms with Crippen LogP contribution in [0.2, 0.25) is 0 Å². The number of ether oxygens (including phenoxy) is 2. The van der Waals surface area contributed by atoms with E-state index < -0.39 is 40.7 Å². The highest BCUT2D eigenvalue weighted by molar-refractivity contribution is 5.98. The van der Waals surface area contributed by atoms with Gasteiger partial charge in [-0.2, -0.15) is 13.2 Å². The first kappa shape index (κ1) is 23.4. The van der Waals surface area contributed by atoms with Crippen molar-refractivity contribution in [3.05, 3.63) is 87.9 Å². The number of carbonyl (C=O) groups is 1. The molecule has 33 heavy (non-hydrogen) atoms. The maximum atomic E-state index is 13.0. The Morgan fingerprint density at radius 3 is 2.42 bits per heavy atom. The SMILES string of the molecule is O=C(NCc1ccnc(Oc2ccc(F)cc2)c1)c1cc(OCC(F)(F)F)ccc1[N+](=O)[O-]. The standard InChI is InChI=1S/C21H15F4N3O5/c22-14-1-3-15(4-2-14)33-19-9-13(7-8-26-19)11-27-20(29)17-10-16(32-12-21(23,24)25)5-6-18(17)28(30)31/h1-10H,11-12H2,(H,27,29). The molecule has 1 aromatic heterocycles.